The van der Waals surface area contributed by atoms with E-state index in [1.807, 2.05) is 19.1 Å². The van der Waals surface area contributed by atoms with Crippen molar-refractivity contribution in [2.75, 3.05) is 43.1 Å². The summed E-state index contributed by atoms with van der Waals surface area (Å²) in [6, 6.07) is 6.08. The maximum atomic E-state index is 12.1. The van der Waals surface area contributed by atoms with E-state index in [-0.39, 0.29) is 5.91 Å². The van der Waals surface area contributed by atoms with Gasteiger partial charge in [0.1, 0.15) is 6.10 Å². The van der Waals surface area contributed by atoms with Crippen LogP contribution in [0.2, 0.25) is 0 Å². The highest BCUT2D eigenvalue weighted by Crippen LogP contribution is 2.26. The summed E-state index contributed by atoms with van der Waals surface area (Å²) in [5.74, 6) is -0.130. The molecule has 1 aromatic rings. The van der Waals surface area contributed by atoms with E-state index in [0.29, 0.717) is 19.8 Å². The smallest absolute Gasteiger partial charge is 0.253 e. The summed E-state index contributed by atoms with van der Waals surface area (Å²) in [6.07, 6.45) is 2.03. The fourth-order valence-electron chi connectivity index (χ4n) is 2.79. The summed E-state index contributed by atoms with van der Waals surface area (Å²) in [5.41, 5.74) is 3.27. The Morgan fingerprint density at radius 3 is 2.70 bits per heavy atom. The van der Waals surface area contributed by atoms with Gasteiger partial charge in [0.15, 0.2) is 0 Å². The van der Waals surface area contributed by atoms with Crippen LogP contribution in [0.5, 0.6) is 0 Å². The van der Waals surface area contributed by atoms with Crippen LogP contribution in [0.1, 0.15) is 32.3 Å². The molecular formula is C18H28N2O3. The number of carbonyl (C=O) groups is 1. The molecule has 1 aromatic carbocycles. The lowest BCUT2D eigenvalue weighted by molar-refractivity contribution is -0.127. The number of benzene rings is 1. The molecule has 2 rings (SSSR count). The average molecular weight is 320 g/mol. The first kappa shape index (κ1) is 17.8. The Morgan fingerprint density at radius 2 is 2.04 bits per heavy atom. The molecule has 1 fully saturated rings. The normalized spacial score (nSPS) is 15.7. The lowest BCUT2D eigenvalue weighted by Crippen LogP contribution is -2.29. The zero-order chi connectivity index (χ0) is 16.7. The summed E-state index contributed by atoms with van der Waals surface area (Å²) in [6.45, 7) is 9.62. The lowest BCUT2D eigenvalue weighted by Gasteiger charge is -2.21. The van der Waals surface area contributed by atoms with E-state index >= 15 is 0 Å². The maximum Gasteiger partial charge on any atom is 0.253 e. The predicted octanol–water partition coefficient (Wildman–Crippen LogP) is 2.98. The molecule has 1 aliphatic rings. The van der Waals surface area contributed by atoms with Crippen molar-refractivity contribution in [3.63, 3.8) is 0 Å². The second-order valence-corrected chi connectivity index (χ2v) is 5.89. The van der Waals surface area contributed by atoms with Gasteiger partial charge in [0.25, 0.3) is 5.91 Å². The Labute approximate surface area is 139 Å². The molecule has 1 N–H and O–H groups in total. The largest absolute Gasteiger partial charge is 0.379 e. The van der Waals surface area contributed by atoms with E-state index in [2.05, 4.69) is 23.2 Å². The molecule has 0 bridgehead atoms. The lowest BCUT2D eigenvalue weighted by atomic mass is 10.1. The molecule has 0 aliphatic carbocycles. The van der Waals surface area contributed by atoms with Crippen LogP contribution in [-0.2, 0) is 14.3 Å². The SMILES string of the molecule is CCOCCOC(C)C(=O)Nc1ccc(N2CCCC2)c(C)c1. The standard InChI is InChI=1S/C18H28N2O3/c1-4-22-11-12-23-15(3)18(21)19-16-7-8-17(14(2)13-16)20-9-5-6-10-20/h7-8,13,15H,4-6,9-12H2,1-3H3,(H,19,21). The topological polar surface area (TPSA) is 50.8 Å². The van der Waals surface area contributed by atoms with Crippen molar-refractivity contribution in [1.29, 1.82) is 0 Å². The zero-order valence-electron chi connectivity index (χ0n) is 14.4. The molecule has 0 saturated carbocycles. The zero-order valence-corrected chi connectivity index (χ0v) is 14.4. The number of carbonyl (C=O) groups excluding carboxylic acids is 1. The minimum Gasteiger partial charge on any atom is -0.379 e. The second kappa shape index (κ2) is 8.89. The number of nitrogens with one attached hydrogen (secondary N) is 1. The van der Waals surface area contributed by atoms with E-state index in [1.54, 1.807) is 6.92 Å². The highest BCUT2D eigenvalue weighted by Gasteiger charge is 2.16. The van der Waals surface area contributed by atoms with Gasteiger partial charge in [-0.1, -0.05) is 0 Å². The van der Waals surface area contributed by atoms with Gasteiger partial charge in [-0.3, -0.25) is 4.79 Å². The molecule has 1 atom stereocenters. The Morgan fingerprint density at radius 1 is 1.30 bits per heavy atom. The van der Waals surface area contributed by atoms with Crippen LogP contribution >= 0.6 is 0 Å². The van der Waals surface area contributed by atoms with Crippen LogP contribution in [-0.4, -0.2) is 44.9 Å². The first-order valence-corrected chi connectivity index (χ1v) is 8.47. The van der Waals surface area contributed by atoms with Gasteiger partial charge in [0, 0.05) is 31.1 Å². The minimum absolute atomic E-state index is 0.130. The van der Waals surface area contributed by atoms with Crippen molar-refractivity contribution < 1.29 is 14.3 Å². The van der Waals surface area contributed by atoms with Crippen LogP contribution in [0.25, 0.3) is 0 Å². The summed E-state index contributed by atoms with van der Waals surface area (Å²) < 4.78 is 10.7. The Balaban J connectivity index is 1.86. The molecule has 1 saturated heterocycles. The summed E-state index contributed by atoms with van der Waals surface area (Å²) in [5, 5.41) is 2.92. The molecule has 5 nitrogen and oxygen atoms in total. The number of anilines is 2. The van der Waals surface area contributed by atoms with Crippen molar-refractivity contribution in [2.45, 2.75) is 39.7 Å². The van der Waals surface area contributed by atoms with Gasteiger partial charge < -0.3 is 19.7 Å². The van der Waals surface area contributed by atoms with E-state index in [0.717, 1.165) is 18.8 Å². The van der Waals surface area contributed by atoms with E-state index in [1.165, 1.54) is 24.1 Å². The molecule has 5 heteroatoms. The second-order valence-electron chi connectivity index (χ2n) is 5.89. The molecule has 0 radical (unpaired) electrons. The van der Waals surface area contributed by atoms with E-state index in [9.17, 15) is 4.79 Å². The maximum absolute atomic E-state index is 12.1. The molecular weight excluding hydrogens is 292 g/mol. The van der Waals surface area contributed by atoms with E-state index < -0.39 is 6.10 Å². The number of ether oxygens (including phenoxy) is 2. The number of aryl methyl sites for hydroxylation is 1. The molecule has 1 unspecified atom stereocenters. The Bertz CT molecular complexity index is 513. The number of nitrogens with zero attached hydrogens (tertiary/aromatic N) is 1. The van der Waals surface area contributed by atoms with Crippen molar-refractivity contribution in [3.05, 3.63) is 23.8 Å². The van der Waals surface area contributed by atoms with Crippen molar-refractivity contribution in [1.82, 2.24) is 0 Å². The van der Waals surface area contributed by atoms with Crippen LogP contribution in [0, 0.1) is 6.92 Å². The van der Waals surface area contributed by atoms with Crippen LogP contribution in [0.15, 0.2) is 18.2 Å². The van der Waals surface area contributed by atoms with Gasteiger partial charge in [-0.2, -0.15) is 0 Å². The molecule has 1 heterocycles. The first-order chi connectivity index (χ1) is 11.1. The van der Waals surface area contributed by atoms with Gasteiger partial charge in [-0.15, -0.1) is 0 Å². The summed E-state index contributed by atoms with van der Waals surface area (Å²) in [7, 11) is 0. The van der Waals surface area contributed by atoms with Gasteiger partial charge in [-0.25, -0.2) is 0 Å². The third-order valence-corrected chi connectivity index (χ3v) is 4.08. The molecule has 23 heavy (non-hydrogen) atoms. The summed E-state index contributed by atoms with van der Waals surface area (Å²) >= 11 is 0. The number of hydrogen-bond donors (Lipinski definition) is 1. The molecule has 0 spiro atoms. The third-order valence-electron chi connectivity index (χ3n) is 4.08. The van der Waals surface area contributed by atoms with E-state index in [4.69, 9.17) is 9.47 Å². The molecule has 0 aromatic heterocycles. The predicted molar refractivity (Wildman–Crippen MR) is 93.2 cm³/mol. The van der Waals surface area contributed by atoms with Gasteiger partial charge in [0.05, 0.1) is 13.2 Å². The Hall–Kier alpha value is -1.59. The quantitative estimate of drug-likeness (QED) is 0.748. The molecule has 1 amide bonds. The molecule has 1 aliphatic heterocycles. The highest BCUT2D eigenvalue weighted by molar-refractivity contribution is 5.94. The van der Waals surface area contributed by atoms with Crippen molar-refractivity contribution in [3.8, 4) is 0 Å². The summed E-state index contributed by atoms with van der Waals surface area (Å²) in [4.78, 5) is 14.5. The average Bonchev–Trinajstić information content (AvgIpc) is 3.05. The minimum atomic E-state index is -0.492. The van der Waals surface area contributed by atoms with Crippen molar-refractivity contribution >= 4 is 17.3 Å². The van der Waals surface area contributed by atoms with Gasteiger partial charge >= 0.3 is 0 Å². The first-order valence-electron chi connectivity index (χ1n) is 8.47. The number of hydrogen-bond acceptors (Lipinski definition) is 4. The van der Waals surface area contributed by atoms with Crippen LogP contribution in [0.3, 0.4) is 0 Å². The van der Waals surface area contributed by atoms with Crippen LogP contribution < -0.4 is 10.2 Å². The Kier molecular flexibility index (Phi) is 6.86. The van der Waals surface area contributed by atoms with Crippen LogP contribution in [0.4, 0.5) is 11.4 Å². The fourth-order valence-corrected chi connectivity index (χ4v) is 2.79. The van der Waals surface area contributed by atoms with Gasteiger partial charge in [-0.05, 0) is 57.4 Å². The molecule has 128 valence electrons. The number of amides is 1. The third kappa shape index (κ3) is 5.22. The fraction of sp³-hybridized carbons (Fsp3) is 0.611. The van der Waals surface area contributed by atoms with Crippen molar-refractivity contribution in [2.24, 2.45) is 0 Å². The van der Waals surface area contributed by atoms with Gasteiger partial charge in [0.2, 0.25) is 0 Å². The highest BCUT2D eigenvalue weighted by atomic mass is 16.5. The monoisotopic (exact) mass is 320 g/mol. The number of rotatable bonds is 8.